The van der Waals surface area contributed by atoms with E-state index in [4.69, 9.17) is 5.73 Å². The Morgan fingerprint density at radius 2 is 1.89 bits per heavy atom. The third-order valence-electron chi connectivity index (χ3n) is 3.09. The fourth-order valence-corrected chi connectivity index (χ4v) is 2.00. The number of carbonyl (C=O) groups excluding carboxylic acids is 1. The third-order valence-corrected chi connectivity index (χ3v) is 3.09. The molecule has 1 aromatic heterocycles. The number of allylic oxidation sites excluding steroid dienone is 1. The van der Waals surface area contributed by atoms with Crippen LogP contribution in [0, 0.1) is 5.41 Å². The zero-order valence-corrected chi connectivity index (χ0v) is 9.37. The van der Waals surface area contributed by atoms with Gasteiger partial charge in [0.15, 0.2) is 0 Å². The minimum Gasteiger partial charge on any atom is -0.366 e. The predicted octanol–water partition coefficient (Wildman–Crippen LogP) is 2.29. The van der Waals surface area contributed by atoms with Gasteiger partial charge in [-0.15, -0.1) is 0 Å². The van der Waals surface area contributed by atoms with Gasteiger partial charge in [-0.2, -0.15) is 13.2 Å². The number of nitrogens with zero attached hydrogens (tertiary/aromatic N) is 1. The topological polar surface area (TPSA) is 56.0 Å². The Kier molecular flexibility index (Phi) is 2.88. The van der Waals surface area contributed by atoms with Gasteiger partial charge in [-0.1, -0.05) is 0 Å². The van der Waals surface area contributed by atoms with Crippen molar-refractivity contribution in [1.29, 1.82) is 0 Å². The number of amides is 1. The van der Waals surface area contributed by atoms with E-state index in [-0.39, 0.29) is 18.4 Å². The number of carbonyl (C=O) groups is 1. The molecule has 18 heavy (non-hydrogen) atoms. The number of hydrogen-bond donors (Lipinski definition) is 1. The van der Waals surface area contributed by atoms with Gasteiger partial charge in [-0.3, -0.25) is 9.78 Å². The maximum Gasteiger partial charge on any atom is 0.398 e. The molecule has 0 atom stereocenters. The van der Waals surface area contributed by atoms with Gasteiger partial charge in [0.1, 0.15) is 0 Å². The quantitative estimate of drug-likeness (QED) is 0.843. The fourth-order valence-electron chi connectivity index (χ4n) is 2.00. The number of halogens is 3. The second kappa shape index (κ2) is 4.12. The summed E-state index contributed by atoms with van der Waals surface area (Å²) >= 11 is 0. The van der Waals surface area contributed by atoms with E-state index >= 15 is 0 Å². The van der Waals surface area contributed by atoms with Crippen molar-refractivity contribution < 1.29 is 18.0 Å². The van der Waals surface area contributed by atoms with Crippen LogP contribution in [0.3, 0.4) is 0 Å². The summed E-state index contributed by atoms with van der Waals surface area (Å²) in [5, 5.41) is 0. The molecule has 0 aromatic carbocycles. The van der Waals surface area contributed by atoms with Crippen molar-refractivity contribution in [2.75, 3.05) is 0 Å². The summed E-state index contributed by atoms with van der Waals surface area (Å²) in [5.41, 5.74) is 3.34. The highest BCUT2D eigenvalue weighted by atomic mass is 19.4. The van der Waals surface area contributed by atoms with Gasteiger partial charge in [0.2, 0.25) is 5.91 Å². The van der Waals surface area contributed by atoms with E-state index in [0.29, 0.717) is 5.56 Å². The number of rotatable bonds is 3. The van der Waals surface area contributed by atoms with Gasteiger partial charge in [-0.05, 0) is 36.1 Å². The van der Waals surface area contributed by atoms with E-state index in [9.17, 15) is 18.0 Å². The van der Waals surface area contributed by atoms with Crippen molar-refractivity contribution >= 4 is 11.5 Å². The van der Waals surface area contributed by atoms with Gasteiger partial charge in [0.05, 0.1) is 5.41 Å². The molecule has 3 nitrogen and oxygen atoms in total. The Bertz CT molecular complexity index is 490. The molecule has 0 saturated heterocycles. The SMILES string of the molecule is NC(=O)C=C(c1ccncc1)C1(C(F)(F)F)CC1. The molecule has 0 radical (unpaired) electrons. The molecule has 2 rings (SSSR count). The Morgan fingerprint density at radius 1 is 1.33 bits per heavy atom. The third kappa shape index (κ3) is 2.10. The van der Waals surface area contributed by atoms with Crippen molar-refractivity contribution in [3.8, 4) is 0 Å². The Balaban J connectivity index is 2.50. The molecule has 1 aromatic rings. The van der Waals surface area contributed by atoms with Crippen molar-refractivity contribution in [2.24, 2.45) is 11.1 Å². The number of aromatic nitrogens is 1. The largest absolute Gasteiger partial charge is 0.398 e. The highest BCUT2D eigenvalue weighted by Gasteiger charge is 2.65. The summed E-state index contributed by atoms with van der Waals surface area (Å²) in [7, 11) is 0. The first-order valence-electron chi connectivity index (χ1n) is 5.35. The van der Waals surface area contributed by atoms with Crippen LogP contribution in [0.2, 0.25) is 0 Å². The molecular weight excluding hydrogens is 245 g/mol. The first-order valence-corrected chi connectivity index (χ1v) is 5.35. The summed E-state index contributed by atoms with van der Waals surface area (Å²) < 4.78 is 39.2. The zero-order chi connectivity index (χ0) is 13.4. The van der Waals surface area contributed by atoms with Crippen molar-refractivity contribution in [1.82, 2.24) is 4.98 Å². The van der Waals surface area contributed by atoms with Crippen LogP contribution in [0.1, 0.15) is 18.4 Å². The molecule has 1 saturated carbocycles. The molecule has 0 unspecified atom stereocenters. The minimum atomic E-state index is -4.38. The molecule has 1 heterocycles. The number of alkyl halides is 3. The normalized spacial score (nSPS) is 18.5. The van der Waals surface area contributed by atoms with Crippen LogP contribution >= 0.6 is 0 Å². The highest BCUT2D eigenvalue weighted by molar-refractivity contribution is 5.96. The second-order valence-corrected chi connectivity index (χ2v) is 4.28. The van der Waals surface area contributed by atoms with Crippen LogP contribution in [-0.2, 0) is 4.79 Å². The lowest BCUT2D eigenvalue weighted by Gasteiger charge is -2.22. The average molecular weight is 256 g/mol. The van der Waals surface area contributed by atoms with E-state index in [0.717, 1.165) is 6.08 Å². The van der Waals surface area contributed by atoms with Crippen LogP contribution in [0.5, 0.6) is 0 Å². The fraction of sp³-hybridized carbons (Fsp3) is 0.333. The number of hydrogen-bond acceptors (Lipinski definition) is 2. The summed E-state index contributed by atoms with van der Waals surface area (Å²) in [6.07, 6.45) is -0.767. The van der Waals surface area contributed by atoms with Crippen LogP contribution in [-0.4, -0.2) is 17.1 Å². The molecule has 0 aliphatic heterocycles. The van der Waals surface area contributed by atoms with Crippen LogP contribution in [0.15, 0.2) is 30.6 Å². The lowest BCUT2D eigenvalue weighted by Crippen LogP contribution is -2.27. The molecular formula is C12H11F3N2O. The van der Waals surface area contributed by atoms with Gasteiger partial charge < -0.3 is 5.73 Å². The number of primary amides is 1. The van der Waals surface area contributed by atoms with E-state index in [1.807, 2.05) is 0 Å². The summed E-state index contributed by atoms with van der Waals surface area (Å²) in [6, 6.07) is 2.89. The molecule has 2 N–H and O–H groups in total. The lowest BCUT2D eigenvalue weighted by molar-refractivity contribution is -0.168. The predicted molar refractivity (Wildman–Crippen MR) is 59.1 cm³/mol. The van der Waals surface area contributed by atoms with Gasteiger partial charge in [-0.25, -0.2) is 0 Å². The maximum atomic E-state index is 13.1. The highest BCUT2D eigenvalue weighted by Crippen LogP contribution is 2.64. The van der Waals surface area contributed by atoms with Crippen molar-refractivity contribution in [3.05, 3.63) is 36.2 Å². The van der Waals surface area contributed by atoms with Gasteiger partial charge >= 0.3 is 6.18 Å². The smallest absolute Gasteiger partial charge is 0.366 e. The Hall–Kier alpha value is -1.85. The van der Waals surface area contributed by atoms with E-state index in [1.165, 1.54) is 24.5 Å². The van der Waals surface area contributed by atoms with Crippen LogP contribution in [0.4, 0.5) is 13.2 Å². The number of pyridine rings is 1. The molecule has 6 heteroatoms. The molecule has 0 bridgehead atoms. The van der Waals surface area contributed by atoms with Gasteiger partial charge in [0, 0.05) is 18.5 Å². The monoisotopic (exact) mass is 256 g/mol. The molecule has 1 fully saturated rings. The number of nitrogens with two attached hydrogens (primary N) is 1. The summed E-state index contributed by atoms with van der Waals surface area (Å²) in [6.45, 7) is 0. The standard InChI is InChI=1S/C12H11F3N2O/c13-12(14,15)11(3-4-11)9(7-10(16)18)8-1-5-17-6-2-8/h1-2,5-7H,3-4H2,(H2,16,18). The summed E-state index contributed by atoms with van der Waals surface area (Å²) in [5.74, 6) is -0.877. The first-order chi connectivity index (χ1) is 8.37. The minimum absolute atomic E-state index is 0.0159. The zero-order valence-electron chi connectivity index (χ0n) is 9.37. The average Bonchev–Trinajstić information content (AvgIpc) is 3.07. The molecule has 96 valence electrons. The van der Waals surface area contributed by atoms with E-state index < -0.39 is 17.5 Å². The van der Waals surface area contributed by atoms with Crippen molar-refractivity contribution in [3.63, 3.8) is 0 Å². The van der Waals surface area contributed by atoms with E-state index in [2.05, 4.69) is 4.98 Å². The maximum absolute atomic E-state index is 13.1. The van der Waals surface area contributed by atoms with Gasteiger partial charge in [0.25, 0.3) is 0 Å². The lowest BCUT2D eigenvalue weighted by atomic mass is 9.89. The van der Waals surface area contributed by atoms with E-state index in [1.54, 1.807) is 0 Å². The van der Waals surface area contributed by atoms with Crippen LogP contribution < -0.4 is 5.73 Å². The second-order valence-electron chi connectivity index (χ2n) is 4.28. The van der Waals surface area contributed by atoms with Crippen LogP contribution in [0.25, 0.3) is 5.57 Å². The van der Waals surface area contributed by atoms with Crippen molar-refractivity contribution in [2.45, 2.75) is 19.0 Å². The first kappa shape index (κ1) is 12.6. The molecule has 0 spiro atoms. The molecule has 1 aliphatic rings. The molecule has 1 amide bonds. The molecule has 1 aliphatic carbocycles. The Labute approximate surface area is 102 Å². The Morgan fingerprint density at radius 3 is 2.28 bits per heavy atom. The summed E-state index contributed by atoms with van der Waals surface area (Å²) in [4.78, 5) is 14.7.